The third kappa shape index (κ3) is 2.83. The molecule has 1 aliphatic heterocycles. The third-order valence-corrected chi connectivity index (χ3v) is 4.27. The largest absolute Gasteiger partial charge is 0.376 e. The van der Waals surface area contributed by atoms with Crippen LogP contribution in [0.25, 0.3) is 0 Å². The Morgan fingerprint density at radius 1 is 1.69 bits per heavy atom. The SMILES string of the molecule is CC1CCOC1C(CCc1cccs1)NN. The van der Waals surface area contributed by atoms with Crippen molar-refractivity contribution in [1.82, 2.24) is 5.43 Å². The van der Waals surface area contributed by atoms with Crippen LogP contribution >= 0.6 is 11.3 Å². The highest BCUT2D eigenvalue weighted by Crippen LogP contribution is 2.25. The van der Waals surface area contributed by atoms with Gasteiger partial charge in [0.1, 0.15) is 0 Å². The first-order chi connectivity index (χ1) is 7.81. The van der Waals surface area contributed by atoms with Crippen molar-refractivity contribution in [3.05, 3.63) is 22.4 Å². The first kappa shape index (κ1) is 12.0. The zero-order chi connectivity index (χ0) is 11.4. The van der Waals surface area contributed by atoms with E-state index in [0.717, 1.165) is 25.9 Å². The second-order valence-corrected chi connectivity index (χ2v) is 5.52. The molecule has 0 spiro atoms. The minimum absolute atomic E-state index is 0.277. The van der Waals surface area contributed by atoms with Gasteiger partial charge in [-0.15, -0.1) is 11.3 Å². The van der Waals surface area contributed by atoms with Crippen molar-refractivity contribution in [1.29, 1.82) is 0 Å². The van der Waals surface area contributed by atoms with E-state index in [0.29, 0.717) is 5.92 Å². The van der Waals surface area contributed by atoms with Gasteiger partial charge in [0.2, 0.25) is 0 Å². The number of nitrogens with one attached hydrogen (secondary N) is 1. The summed E-state index contributed by atoms with van der Waals surface area (Å²) >= 11 is 1.81. The van der Waals surface area contributed by atoms with E-state index in [9.17, 15) is 0 Å². The number of rotatable bonds is 5. The lowest BCUT2D eigenvalue weighted by Crippen LogP contribution is -2.46. The minimum Gasteiger partial charge on any atom is -0.376 e. The zero-order valence-electron chi connectivity index (χ0n) is 9.69. The Morgan fingerprint density at radius 2 is 2.56 bits per heavy atom. The Hall–Kier alpha value is -0.420. The number of thiophene rings is 1. The molecule has 0 radical (unpaired) electrons. The van der Waals surface area contributed by atoms with Crippen LogP contribution in [0, 0.1) is 5.92 Å². The van der Waals surface area contributed by atoms with Crippen LogP contribution in [0.4, 0.5) is 0 Å². The minimum atomic E-state index is 0.277. The van der Waals surface area contributed by atoms with Gasteiger partial charge in [-0.2, -0.15) is 0 Å². The number of aryl methyl sites for hydroxylation is 1. The lowest BCUT2D eigenvalue weighted by molar-refractivity contribution is 0.0584. The Bertz CT molecular complexity index is 302. The van der Waals surface area contributed by atoms with Crippen LogP contribution in [0.3, 0.4) is 0 Å². The van der Waals surface area contributed by atoms with Gasteiger partial charge in [0.15, 0.2) is 0 Å². The molecule has 4 heteroatoms. The summed E-state index contributed by atoms with van der Waals surface area (Å²) in [7, 11) is 0. The molecule has 0 aliphatic carbocycles. The smallest absolute Gasteiger partial charge is 0.0767 e. The van der Waals surface area contributed by atoms with Gasteiger partial charge in [0.05, 0.1) is 6.10 Å². The molecule has 3 N–H and O–H groups in total. The van der Waals surface area contributed by atoms with Crippen LogP contribution in [-0.2, 0) is 11.2 Å². The maximum atomic E-state index is 5.75. The number of hydrogen-bond donors (Lipinski definition) is 2. The van der Waals surface area contributed by atoms with Gasteiger partial charge in [-0.05, 0) is 36.6 Å². The van der Waals surface area contributed by atoms with E-state index >= 15 is 0 Å². The highest BCUT2D eigenvalue weighted by atomic mass is 32.1. The van der Waals surface area contributed by atoms with Crippen LogP contribution in [0.1, 0.15) is 24.6 Å². The van der Waals surface area contributed by atoms with Gasteiger partial charge >= 0.3 is 0 Å². The van der Waals surface area contributed by atoms with Crippen molar-refractivity contribution in [2.45, 2.75) is 38.3 Å². The van der Waals surface area contributed by atoms with Crippen LogP contribution in [0.5, 0.6) is 0 Å². The van der Waals surface area contributed by atoms with Crippen molar-refractivity contribution in [3.63, 3.8) is 0 Å². The van der Waals surface area contributed by atoms with Crippen LogP contribution in [0.15, 0.2) is 17.5 Å². The summed E-state index contributed by atoms with van der Waals surface area (Å²) in [6.45, 7) is 3.12. The molecule has 1 saturated heterocycles. The molecule has 90 valence electrons. The molecule has 0 bridgehead atoms. The summed E-state index contributed by atoms with van der Waals surface area (Å²) in [5, 5.41) is 2.12. The average Bonchev–Trinajstić information content (AvgIpc) is 2.92. The van der Waals surface area contributed by atoms with Gasteiger partial charge in [0, 0.05) is 17.5 Å². The molecule has 0 amide bonds. The van der Waals surface area contributed by atoms with E-state index in [2.05, 4.69) is 29.9 Å². The number of hydrazine groups is 1. The van der Waals surface area contributed by atoms with Crippen LogP contribution in [0.2, 0.25) is 0 Å². The van der Waals surface area contributed by atoms with E-state index in [1.165, 1.54) is 4.88 Å². The molecule has 1 aromatic heterocycles. The lowest BCUT2D eigenvalue weighted by Gasteiger charge is -2.25. The fourth-order valence-corrected chi connectivity index (χ4v) is 3.05. The molecule has 1 aromatic rings. The summed E-state index contributed by atoms with van der Waals surface area (Å²) in [5.74, 6) is 6.24. The quantitative estimate of drug-likeness (QED) is 0.611. The molecule has 3 nitrogen and oxygen atoms in total. The third-order valence-electron chi connectivity index (χ3n) is 3.34. The Kier molecular flexibility index (Phi) is 4.35. The van der Waals surface area contributed by atoms with Gasteiger partial charge < -0.3 is 4.74 Å². The average molecular weight is 240 g/mol. The molecule has 2 heterocycles. The number of hydrogen-bond acceptors (Lipinski definition) is 4. The maximum absolute atomic E-state index is 5.75. The molecule has 16 heavy (non-hydrogen) atoms. The summed E-state index contributed by atoms with van der Waals surface area (Å²) < 4.78 is 5.75. The molecular formula is C12H20N2OS. The van der Waals surface area contributed by atoms with Gasteiger partial charge in [-0.1, -0.05) is 13.0 Å². The topological polar surface area (TPSA) is 47.3 Å². The highest BCUT2D eigenvalue weighted by Gasteiger charge is 2.31. The van der Waals surface area contributed by atoms with Gasteiger partial charge in [0.25, 0.3) is 0 Å². The first-order valence-corrected chi connectivity index (χ1v) is 6.79. The first-order valence-electron chi connectivity index (χ1n) is 5.91. The fraction of sp³-hybridized carbons (Fsp3) is 0.667. The number of ether oxygens (including phenoxy) is 1. The van der Waals surface area contributed by atoms with Crippen molar-refractivity contribution in [2.24, 2.45) is 11.8 Å². The molecule has 2 rings (SSSR count). The Morgan fingerprint density at radius 3 is 3.12 bits per heavy atom. The van der Waals surface area contributed by atoms with E-state index in [4.69, 9.17) is 10.6 Å². The predicted octanol–water partition coefficient (Wildman–Crippen LogP) is 1.94. The summed E-state index contributed by atoms with van der Waals surface area (Å²) in [6.07, 6.45) is 3.57. The van der Waals surface area contributed by atoms with Crippen molar-refractivity contribution in [2.75, 3.05) is 6.61 Å². The number of nitrogens with two attached hydrogens (primary N) is 1. The van der Waals surface area contributed by atoms with E-state index < -0.39 is 0 Å². The maximum Gasteiger partial charge on any atom is 0.0767 e. The molecule has 3 unspecified atom stereocenters. The molecule has 0 aromatic carbocycles. The lowest BCUT2D eigenvalue weighted by atomic mass is 9.95. The van der Waals surface area contributed by atoms with Crippen molar-refractivity contribution < 1.29 is 4.74 Å². The van der Waals surface area contributed by atoms with Crippen LogP contribution < -0.4 is 11.3 Å². The summed E-state index contributed by atoms with van der Waals surface area (Å²) in [4.78, 5) is 1.42. The molecular weight excluding hydrogens is 220 g/mol. The van der Waals surface area contributed by atoms with Gasteiger partial charge in [-0.3, -0.25) is 11.3 Å². The second-order valence-electron chi connectivity index (χ2n) is 4.49. The highest BCUT2D eigenvalue weighted by molar-refractivity contribution is 7.09. The monoisotopic (exact) mass is 240 g/mol. The predicted molar refractivity (Wildman–Crippen MR) is 67.3 cm³/mol. The van der Waals surface area contributed by atoms with Gasteiger partial charge in [-0.25, -0.2) is 0 Å². The Labute approximate surface area is 101 Å². The standard InChI is InChI=1S/C12H20N2OS/c1-9-6-7-15-12(9)11(14-13)5-4-10-3-2-8-16-10/h2-3,8-9,11-12,14H,4-7,13H2,1H3. The molecule has 0 saturated carbocycles. The van der Waals surface area contributed by atoms with Crippen molar-refractivity contribution in [3.8, 4) is 0 Å². The van der Waals surface area contributed by atoms with Crippen LogP contribution in [-0.4, -0.2) is 18.8 Å². The molecule has 1 aliphatic rings. The normalized spacial score (nSPS) is 27.1. The summed E-state index contributed by atoms with van der Waals surface area (Å²) in [5.41, 5.74) is 2.92. The molecule has 1 fully saturated rings. The Balaban J connectivity index is 1.85. The second kappa shape index (κ2) is 5.77. The summed E-state index contributed by atoms with van der Waals surface area (Å²) in [6, 6.07) is 4.55. The van der Waals surface area contributed by atoms with Crippen molar-refractivity contribution >= 4 is 11.3 Å². The van der Waals surface area contributed by atoms with E-state index in [1.54, 1.807) is 0 Å². The fourth-order valence-electron chi connectivity index (χ4n) is 2.33. The zero-order valence-corrected chi connectivity index (χ0v) is 10.5. The van der Waals surface area contributed by atoms with E-state index in [-0.39, 0.29) is 12.1 Å². The molecule has 3 atom stereocenters. The van der Waals surface area contributed by atoms with E-state index in [1.807, 2.05) is 11.3 Å².